The number of ether oxygens (including phenoxy) is 1. The molecule has 0 saturated carbocycles. The molecule has 128 valence electrons. The summed E-state index contributed by atoms with van der Waals surface area (Å²) < 4.78 is 4.74. The summed E-state index contributed by atoms with van der Waals surface area (Å²) in [6.45, 7) is 14.5. The second-order valence-corrected chi connectivity index (χ2v) is 7.55. The van der Waals surface area contributed by atoms with Crippen molar-refractivity contribution in [2.75, 3.05) is 6.61 Å². The molecule has 0 atom stereocenters. The molecule has 0 fully saturated rings. The number of hydrogen-bond acceptors (Lipinski definition) is 4. The number of hydrazone groups is 1. The second kappa shape index (κ2) is 7.02. The van der Waals surface area contributed by atoms with Crippen LogP contribution >= 0.6 is 0 Å². The lowest BCUT2D eigenvalue weighted by Gasteiger charge is -2.26. The van der Waals surface area contributed by atoms with Crippen molar-refractivity contribution in [1.82, 2.24) is 5.43 Å². The summed E-state index contributed by atoms with van der Waals surface area (Å²) >= 11 is 0. The van der Waals surface area contributed by atoms with Crippen LogP contribution in [0.5, 0.6) is 5.75 Å². The van der Waals surface area contributed by atoms with Gasteiger partial charge in [-0.1, -0.05) is 47.6 Å². The van der Waals surface area contributed by atoms with Gasteiger partial charge >= 0.3 is 6.09 Å². The first-order valence-electron chi connectivity index (χ1n) is 7.80. The number of carbonyl (C=O) groups is 1. The van der Waals surface area contributed by atoms with Crippen molar-refractivity contribution in [2.45, 2.75) is 59.3 Å². The zero-order valence-electron chi connectivity index (χ0n) is 15.2. The highest BCUT2D eigenvalue weighted by Gasteiger charge is 2.24. The number of nitrogens with zero attached hydrogens (tertiary/aromatic N) is 1. The normalized spacial score (nSPS) is 12.5. The third kappa shape index (κ3) is 5.27. The summed E-state index contributed by atoms with van der Waals surface area (Å²) in [4.78, 5) is 11.3. The van der Waals surface area contributed by atoms with Crippen molar-refractivity contribution in [1.29, 1.82) is 0 Å². The van der Waals surface area contributed by atoms with Gasteiger partial charge < -0.3 is 9.84 Å². The van der Waals surface area contributed by atoms with E-state index in [1.807, 2.05) is 32.9 Å². The van der Waals surface area contributed by atoms with Crippen LogP contribution in [0, 0.1) is 0 Å². The molecule has 0 aliphatic rings. The highest BCUT2D eigenvalue weighted by molar-refractivity contribution is 5.85. The molecule has 2 N–H and O–H groups in total. The number of nitrogens with one attached hydrogen (secondary N) is 1. The summed E-state index contributed by atoms with van der Waals surface area (Å²) in [5.74, 6) is 0.180. The monoisotopic (exact) mass is 320 g/mol. The van der Waals surface area contributed by atoms with E-state index in [1.54, 1.807) is 6.92 Å². The number of aromatic hydroxyl groups is 1. The van der Waals surface area contributed by atoms with Gasteiger partial charge in [-0.3, -0.25) is 0 Å². The largest absolute Gasteiger partial charge is 0.507 e. The Kier molecular flexibility index (Phi) is 5.81. The maximum absolute atomic E-state index is 11.3. The maximum Gasteiger partial charge on any atom is 0.427 e. The van der Waals surface area contributed by atoms with E-state index in [0.29, 0.717) is 5.56 Å². The van der Waals surface area contributed by atoms with Gasteiger partial charge in [0, 0.05) is 11.1 Å². The fraction of sp³-hybridized carbons (Fsp3) is 0.556. The van der Waals surface area contributed by atoms with Gasteiger partial charge in [-0.25, -0.2) is 10.2 Å². The average molecular weight is 320 g/mol. The van der Waals surface area contributed by atoms with E-state index in [0.717, 1.165) is 11.1 Å². The Morgan fingerprint density at radius 2 is 1.83 bits per heavy atom. The molecular weight excluding hydrogens is 292 g/mol. The van der Waals surface area contributed by atoms with Crippen LogP contribution < -0.4 is 5.43 Å². The highest BCUT2D eigenvalue weighted by atomic mass is 16.5. The van der Waals surface area contributed by atoms with Gasteiger partial charge in [-0.2, -0.15) is 5.10 Å². The van der Waals surface area contributed by atoms with Crippen molar-refractivity contribution in [3.05, 3.63) is 28.8 Å². The van der Waals surface area contributed by atoms with E-state index < -0.39 is 6.09 Å². The van der Waals surface area contributed by atoms with Gasteiger partial charge in [-0.15, -0.1) is 0 Å². The van der Waals surface area contributed by atoms with Gasteiger partial charge in [0.1, 0.15) is 5.75 Å². The molecule has 5 heteroatoms. The summed E-state index contributed by atoms with van der Waals surface area (Å²) in [6.07, 6.45) is 0.822. The molecule has 1 amide bonds. The number of hydrogen-bond donors (Lipinski definition) is 2. The Labute approximate surface area is 138 Å². The van der Waals surface area contributed by atoms with Crippen LogP contribution in [0.2, 0.25) is 0 Å². The van der Waals surface area contributed by atoms with Crippen LogP contribution in [0.4, 0.5) is 4.79 Å². The number of phenols is 1. The summed E-state index contributed by atoms with van der Waals surface area (Å²) in [5, 5.41) is 14.4. The first-order valence-corrected chi connectivity index (χ1v) is 7.80. The molecule has 0 spiro atoms. The number of phenolic OH excluding ortho intramolecular Hbond substituents is 1. The standard InChI is InChI=1S/C18H28N2O3/c1-8-23-16(22)20-19-11-12-9-13(17(2,3)4)10-14(15(12)21)18(5,6)7/h9-11,21H,8H2,1-7H3,(H,20,22)/b19-11+. The predicted octanol–water partition coefficient (Wildman–Crippen LogP) is 4.07. The topological polar surface area (TPSA) is 70.9 Å². The van der Waals surface area contributed by atoms with Crippen LogP contribution in [-0.2, 0) is 15.6 Å². The second-order valence-electron chi connectivity index (χ2n) is 7.55. The van der Waals surface area contributed by atoms with E-state index in [1.165, 1.54) is 6.21 Å². The Morgan fingerprint density at radius 3 is 2.30 bits per heavy atom. The molecule has 1 aromatic carbocycles. The molecule has 0 aromatic heterocycles. The fourth-order valence-corrected chi connectivity index (χ4v) is 2.08. The van der Waals surface area contributed by atoms with Gasteiger partial charge in [-0.05, 0) is 29.4 Å². The van der Waals surface area contributed by atoms with Crippen molar-refractivity contribution < 1.29 is 14.6 Å². The molecule has 1 rings (SSSR count). The number of benzene rings is 1. The van der Waals surface area contributed by atoms with Gasteiger partial charge in [0.2, 0.25) is 0 Å². The first kappa shape index (κ1) is 19.0. The van der Waals surface area contributed by atoms with Crippen molar-refractivity contribution in [3.63, 3.8) is 0 Å². The lowest BCUT2D eigenvalue weighted by Crippen LogP contribution is -2.19. The lowest BCUT2D eigenvalue weighted by atomic mass is 9.79. The molecular formula is C18H28N2O3. The Morgan fingerprint density at radius 1 is 1.22 bits per heavy atom. The highest BCUT2D eigenvalue weighted by Crippen LogP contribution is 2.36. The van der Waals surface area contributed by atoms with Crippen LogP contribution in [0.3, 0.4) is 0 Å². The lowest BCUT2D eigenvalue weighted by molar-refractivity contribution is 0.152. The summed E-state index contributed by atoms with van der Waals surface area (Å²) in [7, 11) is 0. The molecule has 0 radical (unpaired) electrons. The Balaban J connectivity index is 3.25. The van der Waals surface area contributed by atoms with E-state index in [2.05, 4.69) is 31.3 Å². The van der Waals surface area contributed by atoms with Crippen molar-refractivity contribution in [3.8, 4) is 5.75 Å². The average Bonchev–Trinajstić information content (AvgIpc) is 2.38. The third-order valence-corrected chi connectivity index (χ3v) is 3.45. The SMILES string of the molecule is CCOC(=O)N/N=C/c1cc(C(C)(C)C)cc(C(C)(C)C)c1O. The third-order valence-electron chi connectivity index (χ3n) is 3.45. The minimum atomic E-state index is -0.619. The van der Waals surface area contributed by atoms with Crippen LogP contribution in [0.1, 0.15) is 65.2 Å². The van der Waals surface area contributed by atoms with Crippen molar-refractivity contribution in [2.24, 2.45) is 5.10 Å². The first-order chi connectivity index (χ1) is 10.5. The van der Waals surface area contributed by atoms with E-state index >= 15 is 0 Å². The van der Waals surface area contributed by atoms with Crippen molar-refractivity contribution >= 4 is 12.3 Å². The molecule has 5 nitrogen and oxygen atoms in total. The molecule has 0 aliphatic carbocycles. The zero-order chi connectivity index (χ0) is 17.8. The quantitative estimate of drug-likeness (QED) is 0.651. The van der Waals surface area contributed by atoms with E-state index in [-0.39, 0.29) is 23.2 Å². The maximum atomic E-state index is 11.3. The Hall–Kier alpha value is -2.04. The zero-order valence-corrected chi connectivity index (χ0v) is 15.2. The minimum Gasteiger partial charge on any atom is -0.507 e. The summed E-state index contributed by atoms with van der Waals surface area (Å²) in [5.41, 5.74) is 4.52. The molecule has 0 unspecified atom stereocenters. The van der Waals surface area contributed by atoms with E-state index in [9.17, 15) is 9.90 Å². The smallest absolute Gasteiger partial charge is 0.427 e. The number of carbonyl (C=O) groups excluding carboxylic acids is 1. The molecule has 23 heavy (non-hydrogen) atoms. The Bertz CT molecular complexity index is 594. The predicted molar refractivity (Wildman–Crippen MR) is 93.3 cm³/mol. The van der Waals surface area contributed by atoms with Gasteiger partial charge in [0.05, 0.1) is 12.8 Å². The van der Waals surface area contributed by atoms with Gasteiger partial charge in [0.25, 0.3) is 0 Å². The van der Waals surface area contributed by atoms with E-state index in [4.69, 9.17) is 4.74 Å². The number of amides is 1. The summed E-state index contributed by atoms with van der Waals surface area (Å²) in [6, 6.07) is 3.92. The minimum absolute atomic E-state index is 0.0646. The number of rotatable bonds is 3. The molecule has 0 heterocycles. The van der Waals surface area contributed by atoms with Gasteiger partial charge in [0.15, 0.2) is 0 Å². The molecule has 0 aliphatic heterocycles. The molecule has 1 aromatic rings. The van der Waals surface area contributed by atoms with Crippen LogP contribution in [-0.4, -0.2) is 24.0 Å². The molecule has 0 saturated heterocycles. The van der Waals surface area contributed by atoms with Crippen LogP contribution in [0.15, 0.2) is 17.2 Å². The van der Waals surface area contributed by atoms with Crippen LogP contribution in [0.25, 0.3) is 0 Å². The molecule has 0 bridgehead atoms. The fourth-order valence-electron chi connectivity index (χ4n) is 2.08.